The summed E-state index contributed by atoms with van der Waals surface area (Å²) in [6.45, 7) is 4.20. The van der Waals surface area contributed by atoms with Gasteiger partial charge in [0.25, 0.3) is 0 Å². The summed E-state index contributed by atoms with van der Waals surface area (Å²) in [5.74, 6) is 2.71. The molecule has 1 heterocycles. The van der Waals surface area contributed by atoms with E-state index < -0.39 is 0 Å². The van der Waals surface area contributed by atoms with Crippen molar-refractivity contribution in [3.63, 3.8) is 0 Å². The van der Waals surface area contributed by atoms with Crippen LogP contribution >= 0.6 is 0 Å². The Bertz CT molecular complexity index is 359. The number of nitrogens with zero attached hydrogens (tertiary/aromatic N) is 1. The van der Waals surface area contributed by atoms with Crippen molar-refractivity contribution in [3.05, 3.63) is 0 Å². The van der Waals surface area contributed by atoms with Gasteiger partial charge in [-0.1, -0.05) is 0 Å². The second-order valence-electron chi connectivity index (χ2n) is 8.42. The van der Waals surface area contributed by atoms with E-state index in [9.17, 15) is 5.11 Å². The summed E-state index contributed by atoms with van der Waals surface area (Å²) < 4.78 is 11.3. The Labute approximate surface area is 134 Å². The largest absolute Gasteiger partial charge is 0.389 e. The van der Waals surface area contributed by atoms with Crippen LogP contribution in [0.25, 0.3) is 0 Å². The van der Waals surface area contributed by atoms with Gasteiger partial charge in [0.1, 0.15) is 0 Å². The van der Waals surface area contributed by atoms with Crippen LogP contribution in [0.4, 0.5) is 0 Å². The maximum atomic E-state index is 10.9. The zero-order valence-corrected chi connectivity index (χ0v) is 13.9. The molecule has 0 aromatic rings. The van der Waals surface area contributed by atoms with E-state index in [1.165, 1.54) is 38.5 Å². The average molecular weight is 309 g/mol. The summed E-state index contributed by atoms with van der Waals surface area (Å²) in [7, 11) is 1.81. The molecule has 0 aromatic carbocycles. The van der Waals surface area contributed by atoms with Gasteiger partial charge in [0, 0.05) is 26.7 Å². The molecule has 4 aliphatic carbocycles. The van der Waals surface area contributed by atoms with E-state index in [-0.39, 0.29) is 17.6 Å². The molecule has 0 spiro atoms. The lowest BCUT2D eigenvalue weighted by molar-refractivity contribution is -0.170. The fourth-order valence-electron chi connectivity index (χ4n) is 6.49. The molecule has 5 fully saturated rings. The van der Waals surface area contributed by atoms with Crippen molar-refractivity contribution in [2.45, 2.75) is 50.7 Å². The van der Waals surface area contributed by atoms with Crippen LogP contribution < -0.4 is 0 Å². The maximum Gasteiger partial charge on any atom is 0.0933 e. The molecule has 1 saturated heterocycles. The molecule has 2 unspecified atom stereocenters. The fourth-order valence-corrected chi connectivity index (χ4v) is 6.49. The third-order valence-electron chi connectivity index (χ3n) is 6.84. The Morgan fingerprint density at radius 1 is 1.09 bits per heavy atom. The summed E-state index contributed by atoms with van der Waals surface area (Å²) in [5.41, 5.74) is 0.259. The molecule has 0 aromatic heterocycles. The van der Waals surface area contributed by atoms with Crippen LogP contribution in [-0.4, -0.2) is 62.2 Å². The second-order valence-corrected chi connectivity index (χ2v) is 8.42. The van der Waals surface area contributed by atoms with Crippen molar-refractivity contribution >= 4 is 0 Å². The van der Waals surface area contributed by atoms with Crippen molar-refractivity contribution in [2.75, 3.05) is 40.0 Å². The molecule has 5 aliphatic rings. The lowest BCUT2D eigenvalue weighted by Gasteiger charge is -2.59. The standard InChI is InChI=1S/C18H31NO3/c1-21-17(16(20)12-19-2-4-22-5-3-19)18-9-13-6-14(10-18)8-15(7-13)11-18/h13-17,20H,2-12H2,1H3. The van der Waals surface area contributed by atoms with Crippen LogP contribution in [0.15, 0.2) is 0 Å². The molecule has 2 atom stereocenters. The van der Waals surface area contributed by atoms with Gasteiger partial charge in [0.05, 0.1) is 25.4 Å². The van der Waals surface area contributed by atoms with E-state index >= 15 is 0 Å². The van der Waals surface area contributed by atoms with Gasteiger partial charge in [-0.05, 0) is 61.7 Å². The molecule has 4 saturated carbocycles. The number of hydrogen-bond acceptors (Lipinski definition) is 4. The van der Waals surface area contributed by atoms with E-state index in [4.69, 9.17) is 9.47 Å². The van der Waals surface area contributed by atoms with Gasteiger partial charge in [-0.15, -0.1) is 0 Å². The van der Waals surface area contributed by atoms with Crippen molar-refractivity contribution in [2.24, 2.45) is 23.2 Å². The molecule has 1 N–H and O–H groups in total. The van der Waals surface area contributed by atoms with E-state index in [1.807, 2.05) is 7.11 Å². The average Bonchev–Trinajstić information content (AvgIpc) is 2.47. The topological polar surface area (TPSA) is 41.9 Å². The van der Waals surface area contributed by atoms with Crippen molar-refractivity contribution in [3.8, 4) is 0 Å². The van der Waals surface area contributed by atoms with Crippen molar-refractivity contribution < 1.29 is 14.6 Å². The number of aliphatic hydroxyl groups is 1. The highest BCUT2D eigenvalue weighted by molar-refractivity contribution is 5.06. The normalized spacial score (nSPS) is 44.2. The highest BCUT2D eigenvalue weighted by Gasteiger charge is 2.55. The van der Waals surface area contributed by atoms with E-state index in [0.29, 0.717) is 0 Å². The molecule has 5 rings (SSSR count). The Kier molecular flexibility index (Phi) is 4.22. The number of methoxy groups -OCH3 is 1. The predicted molar refractivity (Wildman–Crippen MR) is 84.7 cm³/mol. The number of morpholine rings is 1. The van der Waals surface area contributed by atoms with Crippen LogP contribution in [0.2, 0.25) is 0 Å². The van der Waals surface area contributed by atoms with Gasteiger partial charge in [-0.2, -0.15) is 0 Å². The Balaban J connectivity index is 1.46. The van der Waals surface area contributed by atoms with E-state index in [1.54, 1.807) is 0 Å². The van der Waals surface area contributed by atoms with Gasteiger partial charge < -0.3 is 14.6 Å². The number of hydrogen-bond donors (Lipinski definition) is 1. The molecule has 0 radical (unpaired) electrons. The molecule has 4 heteroatoms. The summed E-state index contributed by atoms with van der Waals surface area (Å²) in [6, 6.07) is 0. The van der Waals surface area contributed by atoms with Gasteiger partial charge in [-0.3, -0.25) is 4.90 Å². The number of ether oxygens (including phenoxy) is 2. The third-order valence-corrected chi connectivity index (χ3v) is 6.84. The third kappa shape index (κ3) is 2.72. The minimum absolute atomic E-state index is 0.0174. The van der Waals surface area contributed by atoms with Gasteiger partial charge in [0.2, 0.25) is 0 Å². The lowest BCUT2D eigenvalue weighted by Crippen LogP contribution is -2.57. The number of β-amino-alcohol motifs (C(OH)–C–C–N with tert-alkyl or cyclic N) is 1. The second kappa shape index (κ2) is 6.04. The summed E-state index contributed by atoms with van der Waals surface area (Å²) >= 11 is 0. The van der Waals surface area contributed by atoms with Gasteiger partial charge in [0.15, 0.2) is 0 Å². The smallest absolute Gasteiger partial charge is 0.0933 e. The first-order valence-electron chi connectivity index (χ1n) is 9.19. The van der Waals surface area contributed by atoms with Gasteiger partial charge >= 0.3 is 0 Å². The van der Waals surface area contributed by atoms with Crippen LogP contribution in [0.3, 0.4) is 0 Å². The summed E-state index contributed by atoms with van der Waals surface area (Å²) in [6.07, 6.45) is 7.84. The molecule has 4 nitrogen and oxygen atoms in total. The molecular weight excluding hydrogens is 278 g/mol. The zero-order chi connectivity index (χ0) is 15.2. The molecule has 4 bridgehead atoms. The van der Waals surface area contributed by atoms with E-state index in [2.05, 4.69) is 4.90 Å². The Morgan fingerprint density at radius 2 is 1.64 bits per heavy atom. The summed E-state index contributed by atoms with van der Waals surface area (Å²) in [4.78, 5) is 2.33. The Hall–Kier alpha value is -0.160. The van der Waals surface area contributed by atoms with Crippen LogP contribution in [-0.2, 0) is 9.47 Å². The maximum absolute atomic E-state index is 10.9. The molecule has 126 valence electrons. The number of rotatable bonds is 5. The first kappa shape index (κ1) is 15.4. The zero-order valence-electron chi connectivity index (χ0n) is 13.9. The lowest BCUT2D eigenvalue weighted by atomic mass is 9.47. The minimum atomic E-state index is -0.362. The monoisotopic (exact) mass is 309 g/mol. The van der Waals surface area contributed by atoms with Crippen molar-refractivity contribution in [1.29, 1.82) is 0 Å². The van der Waals surface area contributed by atoms with Crippen molar-refractivity contribution in [1.82, 2.24) is 4.90 Å². The first-order chi connectivity index (χ1) is 10.7. The SMILES string of the molecule is COC(C(O)CN1CCOCC1)C12CC3CC(CC(C3)C1)C2. The highest BCUT2D eigenvalue weighted by Crippen LogP contribution is 2.62. The first-order valence-corrected chi connectivity index (χ1v) is 9.19. The predicted octanol–water partition coefficient (Wildman–Crippen LogP) is 1.91. The minimum Gasteiger partial charge on any atom is -0.389 e. The molecule has 22 heavy (non-hydrogen) atoms. The quantitative estimate of drug-likeness (QED) is 0.842. The Morgan fingerprint density at radius 3 is 2.14 bits per heavy atom. The van der Waals surface area contributed by atoms with Gasteiger partial charge in [-0.25, -0.2) is 0 Å². The van der Waals surface area contributed by atoms with Crippen LogP contribution in [0, 0.1) is 23.2 Å². The van der Waals surface area contributed by atoms with Crippen LogP contribution in [0.1, 0.15) is 38.5 Å². The van der Waals surface area contributed by atoms with Crippen LogP contribution in [0.5, 0.6) is 0 Å². The number of aliphatic hydroxyl groups excluding tert-OH is 1. The molecule has 0 amide bonds. The van der Waals surface area contributed by atoms with E-state index in [0.717, 1.165) is 50.6 Å². The molecule has 1 aliphatic heterocycles. The fraction of sp³-hybridized carbons (Fsp3) is 1.00. The summed E-state index contributed by atoms with van der Waals surface area (Å²) in [5, 5.41) is 10.9. The molecular formula is C18H31NO3. The highest BCUT2D eigenvalue weighted by atomic mass is 16.5.